The lowest BCUT2D eigenvalue weighted by atomic mass is 10.1. The van der Waals surface area contributed by atoms with E-state index < -0.39 is 0 Å². The highest BCUT2D eigenvalue weighted by Crippen LogP contribution is 2.04. The average Bonchev–Trinajstić information content (AvgIpc) is 1.94. The first-order valence-corrected chi connectivity index (χ1v) is 2.76. The minimum Gasteiger partial charge on any atom is -0.493 e. The fourth-order valence-corrected chi connectivity index (χ4v) is 0.648. The van der Waals surface area contributed by atoms with E-state index in [1.54, 1.807) is 0 Å². The van der Waals surface area contributed by atoms with Crippen molar-refractivity contribution in [1.29, 1.82) is 0 Å². The van der Waals surface area contributed by atoms with Crippen LogP contribution >= 0.6 is 12.4 Å². The summed E-state index contributed by atoms with van der Waals surface area (Å²) in [5.74, 6) is -0.369. The van der Waals surface area contributed by atoms with Crippen LogP contribution in [0.1, 0.15) is 0 Å². The van der Waals surface area contributed by atoms with Gasteiger partial charge in [-0.25, -0.2) is 0 Å². The van der Waals surface area contributed by atoms with Crippen LogP contribution in [-0.4, -0.2) is 18.7 Å². The number of allylic oxidation sites excluding steroid dienone is 3. The molecule has 3 nitrogen and oxygen atoms in total. The lowest BCUT2D eigenvalue weighted by molar-refractivity contribution is -0.116. The Balaban J connectivity index is 0.000001000. The number of ether oxygens (including phenoxy) is 1. The Bertz CT molecular complexity index is 240. The molecule has 0 aromatic carbocycles. The topological polar surface area (TPSA) is 43.4 Å². The number of halogens is 1. The van der Waals surface area contributed by atoms with Crippen LogP contribution in [0.4, 0.5) is 0 Å². The molecule has 4 heteroatoms. The molecule has 0 aromatic rings. The van der Waals surface area contributed by atoms with Gasteiger partial charge < -0.3 is 4.74 Å². The van der Waals surface area contributed by atoms with Crippen LogP contribution in [0.2, 0.25) is 0 Å². The van der Waals surface area contributed by atoms with Crippen molar-refractivity contribution in [3.05, 3.63) is 24.0 Å². The zero-order valence-electron chi connectivity index (χ0n) is 5.87. The monoisotopic (exact) mass is 174 g/mol. The largest absolute Gasteiger partial charge is 0.493 e. The second kappa shape index (κ2) is 3.93. The Hall–Kier alpha value is -1.09. The number of hydrogen-bond donors (Lipinski definition) is 0. The lowest BCUT2D eigenvalue weighted by Gasteiger charge is -2.02. The minimum atomic E-state index is -0.262. The van der Waals surface area contributed by atoms with Gasteiger partial charge in [-0.15, -0.1) is 12.4 Å². The number of rotatable bonds is 1. The summed E-state index contributed by atoms with van der Waals surface area (Å²) in [5, 5.41) is 0. The van der Waals surface area contributed by atoms with E-state index >= 15 is 0 Å². The number of carbonyl (C=O) groups is 2. The Labute approximate surface area is 70.1 Å². The van der Waals surface area contributed by atoms with Gasteiger partial charge in [-0.05, 0) is 12.2 Å². The van der Waals surface area contributed by atoms with Crippen LogP contribution in [-0.2, 0) is 14.3 Å². The summed E-state index contributed by atoms with van der Waals surface area (Å²) in [7, 11) is 1.36. The fourth-order valence-electron chi connectivity index (χ4n) is 0.648. The fraction of sp³-hybridized carbons (Fsp3) is 0.143. The third-order valence-corrected chi connectivity index (χ3v) is 1.14. The second-order valence-electron chi connectivity index (χ2n) is 1.81. The first-order valence-electron chi connectivity index (χ1n) is 2.76. The summed E-state index contributed by atoms with van der Waals surface area (Å²) >= 11 is 0. The van der Waals surface area contributed by atoms with Crippen LogP contribution in [0, 0.1) is 0 Å². The molecule has 60 valence electrons. The van der Waals surface area contributed by atoms with Gasteiger partial charge in [-0.2, -0.15) is 0 Å². The van der Waals surface area contributed by atoms with Gasteiger partial charge in [0.25, 0.3) is 0 Å². The van der Waals surface area contributed by atoms with Gasteiger partial charge in [0.1, 0.15) is 0 Å². The lowest BCUT2D eigenvalue weighted by Crippen LogP contribution is -2.08. The average molecular weight is 175 g/mol. The Morgan fingerprint density at radius 3 is 2.36 bits per heavy atom. The van der Waals surface area contributed by atoms with E-state index in [-0.39, 0.29) is 29.7 Å². The molecule has 0 aliphatic heterocycles. The summed E-state index contributed by atoms with van der Waals surface area (Å²) in [4.78, 5) is 21.3. The molecule has 0 amide bonds. The van der Waals surface area contributed by atoms with Crippen molar-refractivity contribution < 1.29 is 14.3 Å². The second-order valence-corrected chi connectivity index (χ2v) is 1.81. The van der Waals surface area contributed by atoms with Crippen molar-refractivity contribution >= 4 is 24.0 Å². The van der Waals surface area contributed by atoms with E-state index in [2.05, 4.69) is 4.74 Å². The first-order chi connectivity index (χ1) is 4.74. The van der Waals surface area contributed by atoms with Gasteiger partial charge in [0.2, 0.25) is 5.78 Å². The molecule has 0 radical (unpaired) electrons. The Kier molecular flexibility index (Phi) is 3.54. The van der Waals surface area contributed by atoms with E-state index in [1.807, 2.05) is 0 Å². The molecule has 1 rings (SSSR count). The van der Waals surface area contributed by atoms with Gasteiger partial charge in [0.15, 0.2) is 11.5 Å². The van der Waals surface area contributed by atoms with E-state index in [0.29, 0.717) is 0 Å². The number of hydrogen-bond acceptors (Lipinski definition) is 3. The van der Waals surface area contributed by atoms with Crippen molar-refractivity contribution in [3.8, 4) is 0 Å². The molecule has 0 aromatic heterocycles. The minimum absolute atomic E-state index is 0. The van der Waals surface area contributed by atoms with E-state index in [4.69, 9.17) is 0 Å². The molecule has 0 fully saturated rings. The number of carbonyl (C=O) groups excluding carboxylic acids is 2. The van der Waals surface area contributed by atoms with Crippen molar-refractivity contribution in [2.24, 2.45) is 0 Å². The van der Waals surface area contributed by atoms with Crippen LogP contribution in [0.3, 0.4) is 0 Å². The predicted octanol–water partition coefficient (Wildman–Crippen LogP) is 0.646. The standard InChI is InChI=1S/C7H6O3.ClH/c1-10-7-4-5(8)2-3-6(7)9;/h2-4H,1H3;1H. The van der Waals surface area contributed by atoms with E-state index in [1.165, 1.54) is 25.3 Å². The molecular formula is C7H7ClO3. The smallest absolute Gasteiger partial charge is 0.220 e. The van der Waals surface area contributed by atoms with Crippen LogP contribution < -0.4 is 0 Å². The van der Waals surface area contributed by atoms with Crippen LogP contribution in [0.5, 0.6) is 0 Å². The molecule has 0 unspecified atom stereocenters. The van der Waals surface area contributed by atoms with Gasteiger partial charge in [0.05, 0.1) is 7.11 Å². The van der Waals surface area contributed by atoms with Crippen molar-refractivity contribution in [1.82, 2.24) is 0 Å². The molecule has 1 aliphatic rings. The van der Waals surface area contributed by atoms with Gasteiger partial charge in [0, 0.05) is 6.08 Å². The number of methoxy groups -OCH3 is 1. The summed E-state index contributed by atoms with van der Waals surface area (Å²) in [6.45, 7) is 0. The molecule has 1 aliphatic carbocycles. The van der Waals surface area contributed by atoms with Crippen LogP contribution in [0.15, 0.2) is 24.0 Å². The summed E-state index contributed by atoms with van der Waals surface area (Å²) in [6.07, 6.45) is 3.58. The SMILES string of the molecule is COC1=CC(=O)C=CC1=O.Cl. The Morgan fingerprint density at radius 2 is 1.91 bits per heavy atom. The summed E-state index contributed by atoms with van der Waals surface area (Å²) in [5.41, 5.74) is 0. The third kappa shape index (κ3) is 2.20. The first kappa shape index (κ1) is 9.91. The van der Waals surface area contributed by atoms with E-state index in [9.17, 15) is 9.59 Å². The third-order valence-electron chi connectivity index (χ3n) is 1.14. The number of ketones is 2. The van der Waals surface area contributed by atoms with Crippen LogP contribution in [0.25, 0.3) is 0 Å². The molecule has 0 bridgehead atoms. The maximum absolute atomic E-state index is 10.7. The molecule has 0 heterocycles. The quantitative estimate of drug-likeness (QED) is 0.548. The molecule has 0 saturated carbocycles. The summed E-state index contributed by atoms with van der Waals surface area (Å²) < 4.78 is 4.61. The zero-order chi connectivity index (χ0) is 7.56. The molecule has 0 saturated heterocycles. The molecule has 11 heavy (non-hydrogen) atoms. The highest BCUT2D eigenvalue weighted by Gasteiger charge is 2.12. The van der Waals surface area contributed by atoms with Gasteiger partial charge in [-0.3, -0.25) is 9.59 Å². The molecular weight excluding hydrogens is 168 g/mol. The highest BCUT2D eigenvalue weighted by molar-refractivity contribution is 6.16. The molecule has 0 atom stereocenters. The van der Waals surface area contributed by atoms with Crippen molar-refractivity contribution in [2.75, 3.05) is 7.11 Å². The van der Waals surface area contributed by atoms with Crippen molar-refractivity contribution in [3.63, 3.8) is 0 Å². The molecule has 0 spiro atoms. The predicted molar refractivity (Wildman–Crippen MR) is 41.5 cm³/mol. The highest BCUT2D eigenvalue weighted by atomic mass is 35.5. The van der Waals surface area contributed by atoms with Gasteiger partial charge >= 0.3 is 0 Å². The zero-order valence-corrected chi connectivity index (χ0v) is 6.68. The Morgan fingerprint density at radius 1 is 1.27 bits per heavy atom. The maximum atomic E-state index is 10.7. The van der Waals surface area contributed by atoms with Crippen molar-refractivity contribution in [2.45, 2.75) is 0 Å². The van der Waals surface area contributed by atoms with E-state index in [0.717, 1.165) is 0 Å². The normalized spacial score (nSPS) is 15.5. The molecule has 0 N–H and O–H groups in total. The summed E-state index contributed by atoms with van der Waals surface area (Å²) in [6, 6.07) is 0. The van der Waals surface area contributed by atoms with Gasteiger partial charge in [-0.1, -0.05) is 0 Å². The maximum Gasteiger partial charge on any atom is 0.220 e.